The predicted molar refractivity (Wildman–Crippen MR) is 66.0 cm³/mol. The molecular weight excluding hydrogens is 248 g/mol. The first-order chi connectivity index (χ1) is 7.41. The van der Waals surface area contributed by atoms with Crippen LogP contribution in [-0.2, 0) is 0 Å². The minimum absolute atomic E-state index is 0. The molecule has 0 heterocycles. The lowest BCUT2D eigenvalue weighted by molar-refractivity contribution is 0.121. The van der Waals surface area contributed by atoms with Gasteiger partial charge in [0, 0.05) is 0 Å². The second-order valence-corrected chi connectivity index (χ2v) is 4.40. The number of rotatable bonds is 4. The minimum Gasteiger partial charge on any atom is -0.391 e. The summed E-state index contributed by atoms with van der Waals surface area (Å²) in [7, 11) is 0. The molecule has 1 aromatic carbocycles. The molecule has 0 amide bonds. The van der Waals surface area contributed by atoms with Gasteiger partial charge in [0.25, 0.3) is 0 Å². The van der Waals surface area contributed by atoms with E-state index in [9.17, 15) is 13.9 Å². The van der Waals surface area contributed by atoms with E-state index in [1.165, 1.54) is 6.07 Å². The summed E-state index contributed by atoms with van der Waals surface area (Å²) < 4.78 is 25.6. The van der Waals surface area contributed by atoms with Crippen LogP contribution in [0.2, 0.25) is 0 Å². The summed E-state index contributed by atoms with van der Waals surface area (Å²) in [5.41, 5.74) is 6.18. The molecule has 0 spiro atoms. The van der Waals surface area contributed by atoms with E-state index in [1.807, 2.05) is 13.8 Å². The number of nitrogens with two attached hydrogens (primary N) is 1. The topological polar surface area (TPSA) is 46.2 Å². The van der Waals surface area contributed by atoms with Gasteiger partial charge in [-0.15, -0.1) is 12.4 Å². The van der Waals surface area contributed by atoms with Crippen LogP contribution in [0.25, 0.3) is 0 Å². The van der Waals surface area contributed by atoms with E-state index in [-0.39, 0.29) is 12.4 Å². The lowest BCUT2D eigenvalue weighted by Gasteiger charge is -2.20. The van der Waals surface area contributed by atoms with Gasteiger partial charge in [-0.1, -0.05) is 19.9 Å². The molecule has 1 rings (SSSR count). The standard InChI is InChI=1S/C12H17F2NO.ClH/c1-7(2)5-11(16)12(15)8-3-4-9(13)10(14)6-8;/h3-4,6-7,11-12,16H,5,15H2,1-2H3;1H/t11-,12+;/m0./s1. The summed E-state index contributed by atoms with van der Waals surface area (Å²) in [5, 5.41) is 9.76. The summed E-state index contributed by atoms with van der Waals surface area (Å²) in [6.45, 7) is 3.92. The van der Waals surface area contributed by atoms with Crippen molar-refractivity contribution in [3.05, 3.63) is 35.4 Å². The number of aliphatic hydroxyl groups is 1. The molecule has 0 fully saturated rings. The van der Waals surface area contributed by atoms with Crippen molar-refractivity contribution in [2.24, 2.45) is 11.7 Å². The van der Waals surface area contributed by atoms with E-state index >= 15 is 0 Å². The van der Waals surface area contributed by atoms with E-state index in [2.05, 4.69) is 0 Å². The van der Waals surface area contributed by atoms with Gasteiger partial charge in [-0.05, 0) is 30.0 Å². The molecule has 2 atom stereocenters. The minimum atomic E-state index is -0.940. The number of aliphatic hydroxyl groups excluding tert-OH is 1. The third-order valence-corrected chi connectivity index (χ3v) is 2.46. The molecule has 1 aromatic rings. The van der Waals surface area contributed by atoms with Crippen LogP contribution in [0.4, 0.5) is 8.78 Å². The van der Waals surface area contributed by atoms with Crippen molar-refractivity contribution in [3.63, 3.8) is 0 Å². The van der Waals surface area contributed by atoms with Crippen LogP contribution in [0, 0.1) is 17.6 Å². The Labute approximate surface area is 106 Å². The third-order valence-electron chi connectivity index (χ3n) is 2.46. The molecule has 0 aromatic heterocycles. The first-order valence-electron chi connectivity index (χ1n) is 5.30. The van der Waals surface area contributed by atoms with Crippen molar-refractivity contribution in [2.45, 2.75) is 32.4 Å². The molecule has 0 aliphatic carbocycles. The monoisotopic (exact) mass is 265 g/mol. The maximum absolute atomic E-state index is 13.0. The Morgan fingerprint density at radius 2 is 1.82 bits per heavy atom. The van der Waals surface area contributed by atoms with Gasteiger partial charge in [0.1, 0.15) is 0 Å². The molecule has 98 valence electrons. The summed E-state index contributed by atoms with van der Waals surface area (Å²) in [5.74, 6) is -1.55. The SMILES string of the molecule is CC(C)C[C@H](O)[C@H](N)c1ccc(F)c(F)c1.Cl. The van der Waals surface area contributed by atoms with Crippen molar-refractivity contribution in [2.75, 3.05) is 0 Å². The lowest BCUT2D eigenvalue weighted by Crippen LogP contribution is -2.27. The zero-order chi connectivity index (χ0) is 12.3. The van der Waals surface area contributed by atoms with Gasteiger partial charge >= 0.3 is 0 Å². The van der Waals surface area contributed by atoms with Crippen molar-refractivity contribution >= 4 is 12.4 Å². The Kier molecular flexibility index (Phi) is 6.60. The van der Waals surface area contributed by atoms with E-state index < -0.39 is 23.8 Å². The van der Waals surface area contributed by atoms with E-state index in [0.29, 0.717) is 17.9 Å². The van der Waals surface area contributed by atoms with E-state index in [1.54, 1.807) is 0 Å². The van der Waals surface area contributed by atoms with Gasteiger partial charge in [-0.3, -0.25) is 0 Å². The number of benzene rings is 1. The van der Waals surface area contributed by atoms with E-state index in [4.69, 9.17) is 5.73 Å². The second kappa shape index (κ2) is 6.89. The molecule has 0 saturated carbocycles. The molecule has 0 saturated heterocycles. The molecule has 3 N–H and O–H groups in total. The quantitative estimate of drug-likeness (QED) is 0.879. The molecule has 0 bridgehead atoms. The Hall–Kier alpha value is -0.710. The Morgan fingerprint density at radius 1 is 1.24 bits per heavy atom. The fourth-order valence-electron chi connectivity index (χ4n) is 1.57. The van der Waals surface area contributed by atoms with Gasteiger partial charge in [0.2, 0.25) is 0 Å². The number of hydrogen-bond donors (Lipinski definition) is 2. The summed E-state index contributed by atoms with van der Waals surface area (Å²) >= 11 is 0. The lowest BCUT2D eigenvalue weighted by atomic mass is 9.95. The summed E-state index contributed by atoms with van der Waals surface area (Å²) in [4.78, 5) is 0. The van der Waals surface area contributed by atoms with E-state index in [0.717, 1.165) is 12.1 Å². The van der Waals surface area contributed by atoms with Crippen molar-refractivity contribution in [1.29, 1.82) is 0 Å². The number of halogens is 3. The summed E-state index contributed by atoms with van der Waals surface area (Å²) in [6.07, 6.45) is -0.218. The zero-order valence-electron chi connectivity index (χ0n) is 9.86. The first kappa shape index (κ1) is 16.3. The first-order valence-corrected chi connectivity index (χ1v) is 5.30. The van der Waals surface area contributed by atoms with Crippen LogP contribution in [0.3, 0.4) is 0 Å². The van der Waals surface area contributed by atoms with Gasteiger partial charge in [-0.2, -0.15) is 0 Å². The highest BCUT2D eigenvalue weighted by atomic mass is 35.5. The molecule has 0 radical (unpaired) electrons. The van der Waals surface area contributed by atoms with Crippen LogP contribution in [0.1, 0.15) is 31.9 Å². The van der Waals surface area contributed by atoms with Crippen molar-refractivity contribution < 1.29 is 13.9 Å². The Balaban J connectivity index is 0.00000256. The Bertz CT molecular complexity index is 360. The summed E-state index contributed by atoms with van der Waals surface area (Å²) in [6, 6.07) is 2.76. The highest BCUT2D eigenvalue weighted by Crippen LogP contribution is 2.21. The van der Waals surface area contributed by atoms with Crippen LogP contribution in [0.15, 0.2) is 18.2 Å². The molecule has 0 unspecified atom stereocenters. The van der Waals surface area contributed by atoms with Gasteiger partial charge < -0.3 is 10.8 Å². The molecule has 2 nitrogen and oxygen atoms in total. The molecule has 0 aliphatic heterocycles. The molecule has 5 heteroatoms. The average Bonchev–Trinajstić information content (AvgIpc) is 2.20. The molecule has 0 aliphatic rings. The zero-order valence-corrected chi connectivity index (χ0v) is 10.7. The molecular formula is C12H18ClF2NO. The highest BCUT2D eigenvalue weighted by molar-refractivity contribution is 5.85. The highest BCUT2D eigenvalue weighted by Gasteiger charge is 2.19. The number of hydrogen-bond acceptors (Lipinski definition) is 2. The van der Waals surface area contributed by atoms with Crippen LogP contribution >= 0.6 is 12.4 Å². The fourth-order valence-corrected chi connectivity index (χ4v) is 1.57. The molecule has 17 heavy (non-hydrogen) atoms. The predicted octanol–water partition coefficient (Wildman–Crippen LogP) is 2.79. The average molecular weight is 266 g/mol. The second-order valence-electron chi connectivity index (χ2n) is 4.40. The largest absolute Gasteiger partial charge is 0.391 e. The van der Waals surface area contributed by atoms with Crippen LogP contribution < -0.4 is 5.73 Å². The van der Waals surface area contributed by atoms with Gasteiger partial charge in [0.15, 0.2) is 11.6 Å². The maximum Gasteiger partial charge on any atom is 0.159 e. The van der Waals surface area contributed by atoms with Gasteiger partial charge in [0.05, 0.1) is 12.1 Å². The normalized spacial score (nSPS) is 14.3. The Morgan fingerprint density at radius 3 is 2.29 bits per heavy atom. The van der Waals surface area contributed by atoms with Crippen LogP contribution in [-0.4, -0.2) is 11.2 Å². The van der Waals surface area contributed by atoms with Crippen molar-refractivity contribution in [3.8, 4) is 0 Å². The van der Waals surface area contributed by atoms with Crippen LogP contribution in [0.5, 0.6) is 0 Å². The van der Waals surface area contributed by atoms with Gasteiger partial charge in [-0.25, -0.2) is 8.78 Å². The third kappa shape index (κ3) is 4.58. The fraction of sp³-hybridized carbons (Fsp3) is 0.500. The smallest absolute Gasteiger partial charge is 0.159 e. The maximum atomic E-state index is 13.0. The van der Waals surface area contributed by atoms with Crippen molar-refractivity contribution in [1.82, 2.24) is 0 Å².